The number of nitrogens with one attached hydrogen (secondary N) is 1. The highest BCUT2D eigenvalue weighted by Gasteiger charge is 2.23. The second-order valence-electron chi connectivity index (χ2n) is 4.70. The Morgan fingerprint density at radius 2 is 2.18 bits per heavy atom. The molecule has 0 spiro atoms. The van der Waals surface area contributed by atoms with Gasteiger partial charge in [-0.15, -0.1) is 0 Å². The summed E-state index contributed by atoms with van der Waals surface area (Å²) < 4.78 is 4.87. The van der Waals surface area contributed by atoms with Crippen molar-refractivity contribution in [2.24, 2.45) is 5.92 Å². The molecule has 0 bridgehead atoms. The molecule has 100 valence electrons. The fraction of sp³-hybridized carbons (Fsp3) is 0.917. The van der Waals surface area contributed by atoms with E-state index in [0.29, 0.717) is 25.6 Å². The van der Waals surface area contributed by atoms with Crippen molar-refractivity contribution in [1.82, 2.24) is 10.2 Å². The van der Waals surface area contributed by atoms with Crippen LogP contribution in [0.2, 0.25) is 0 Å². The summed E-state index contributed by atoms with van der Waals surface area (Å²) in [5.41, 5.74) is 0. The quantitative estimate of drug-likeness (QED) is 0.638. The van der Waals surface area contributed by atoms with E-state index < -0.39 is 0 Å². The van der Waals surface area contributed by atoms with Crippen molar-refractivity contribution in [2.45, 2.75) is 25.9 Å². The van der Waals surface area contributed by atoms with Crippen LogP contribution in [0.25, 0.3) is 0 Å². The molecule has 1 aliphatic rings. The van der Waals surface area contributed by atoms with Gasteiger partial charge in [-0.3, -0.25) is 9.69 Å². The molecule has 2 N–H and O–H groups in total. The lowest BCUT2D eigenvalue weighted by Crippen LogP contribution is -2.43. The molecule has 1 fully saturated rings. The summed E-state index contributed by atoms with van der Waals surface area (Å²) in [5.74, 6) is 0.445. The van der Waals surface area contributed by atoms with E-state index in [2.05, 4.69) is 10.2 Å². The molecule has 0 radical (unpaired) electrons. The van der Waals surface area contributed by atoms with Crippen molar-refractivity contribution < 1.29 is 14.6 Å². The highest BCUT2D eigenvalue weighted by atomic mass is 16.5. The molecular weight excluding hydrogens is 220 g/mol. The van der Waals surface area contributed by atoms with Gasteiger partial charge in [0.05, 0.1) is 19.3 Å². The van der Waals surface area contributed by atoms with Crippen LogP contribution in [0.3, 0.4) is 0 Å². The van der Waals surface area contributed by atoms with E-state index in [1.807, 2.05) is 6.92 Å². The summed E-state index contributed by atoms with van der Waals surface area (Å²) in [6.07, 6.45) is 1.72. The zero-order valence-corrected chi connectivity index (χ0v) is 10.8. The van der Waals surface area contributed by atoms with E-state index in [0.717, 1.165) is 25.9 Å². The molecule has 0 saturated carbocycles. The first kappa shape index (κ1) is 14.4. The number of hydrogen-bond donors (Lipinski definition) is 2. The molecule has 0 aromatic heterocycles. The van der Waals surface area contributed by atoms with Gasteiger partial charge in [0.15, 0.2) is 0 Å². The SMILES string of the molecule is COCCNC(=O)CN1CCC(C(C)O)CC1. The van der Waals surface area contributed by atoms with Crippen LogP contribution in [-0.4, -0.2) is 61.9 Å². The normalized spacial score (nSPS) is 20.2. The van der Waals surface area contributed by atoms with E-state index in [1.165, 1.54) is 0 Å². The Balaban J connectivity index is 2.15. The van der Waals surface area contributed by atoms with Crippen LogP contribution in [0, 0.1) is 5.92 Å². The van der Waals surface area contributed by atoms with Gasteiger partial charge < -0.3 is 15.2 Å². The molecule has 1 unspecified atom stereocenters. The maximum Gasteiger partial charge on any atom is 0.234 e. The monoisotopic (exact) mass is 244 g/mol. The summed E-state index contributed by atoms with van der Waals surface area (Å²) in [5, 5.41) is 12.3. The van der Waals surface area contributed by atoms with Gasteiger partial charge in [0.2, 0.25) is 5.91 Å². The average molecular weight is 244 g/mol. The molecule has 1 aliphatic heterocycles. The van der Waals surface area contributed by atoms with E-state index in [1.54, 1.807) is 7.11 Å². The molecule has 1 rings (SSSR count). The molecule has 0 aliphatic carbocycles. The van der Waals surface area contributed by atoms with E-state index in [4.69, 9.17) is 4.74 Å². The second-order valence-corrected chi connectivity index (χ2v) is 4.70. The van der Waals surface area contributed by atoms with E-state index in [9.17, 15) is 9.90 Å². The Labute approximate surface area is 103 Å². The highest BCUT2D eigenvalue weighted by molar-refractivity contribution is 5.77. The number of likely N-dealkylation sites (tertiary alicyclic amines) is 1. The second kappa shape index (κ2) is 7.63. The molecule has 1 heterocycles. The number of piperidine rings is 1. The van der Waals surface area contributed by atoms with Crippen molar-refractivity contribution >= 4 is 5.91 Å². The van der Waals surface area contributed by atoms with Crippen LogP contribution in [0.1, 0.15) is 19.8 Å². The average Bonchev–Trinajstić information content (AvgIpc) is 2.30. The number of rotatable bonds is 6. The molecular formula is C12H24N2O3. The zero-order valence-electron chi connectivity index (χ0n) is 10.8. The first-order chi connectivity index (χ1) is 8.13. The Kier molecular flexibility index (Phi) is 6.47. The third kappa shape index (κ3) is 5.48. The van der Waals surface area contributed by atoms with Crippen LogP contribution < -0.4 is 5.32 Å². The number of aliphatic hydroxyl groups is 1. The molecule has 5 nitrogen and oxygen atoms in total. The lowest BCUT2D eigenvalue weighted by atomic mass is 9.92. The van der Waals surface area contributed by atoms with Crippen LogP contribution >= 0.6 is 0 Å². The maximum atomic E-state index is 11.5. The van der Waals surface area contributed by atoms with Crippen LogP contribution in [0.5, 0.6) is 0 Å². The van der Waals surface area contributed by atoms with E-state index >= 15 is 0 Å². The Morgan fingerprint density at radius 3 is 2.71 bits per heavy atom. The minimum Gasteiger partial charge on any atom is -0.393 e. The van der Waals surface area contributed by atoms with Crippen molar-refractivity contribution in [3.63, 3.8) is 0 Å². The first-order valence-electron chi connectivity index (χ1n) is 6.29. The maximum absolute atomic E-state index is 11.5. The number of aliphatic hydroxyl groups excluding tert-OH is 1. The lowest BCUT2D eigenvalue weighted by molar-refractivity contribution is -0.122. The van der Waals surface area contributed by atoms with Gasteiger partial charge in [0.1, 0.15) is 0 Å². The van der Waals surface area contributed by atoms with Crippen LogP contribution in [0.15, 0.2) is 0 Å². The van der Waals surface area contributed by atoms with Crippen LogP contribution in [0.4, 0.5) is 0 Å². The van der Waals surface area contributed by atoms with Gasteiger partial charge in [-0.2, -0.15) is 0 Å². The minimum atomic E-state index is -0.229. The van der Waals surface area contributed by atoms with Gasteiger partial charge in [0, 0.05) is 13.7 Å². The van der Waals surface area contributed by atoms with Gasteiger partial charge in [-0.1, -0.05) is 0 Å². The predicted octanol–water partition coefficient (Wildman–Crippen LogP) is -0.158. The summed E-state index contributed by atoms with van der Waals surface area (Å²) >= 11 is 0. The third-order valence-corrected chi connectivity index (χ3v) is 3.31. The topological polar surface area (TPSA) is 61.8 Å². The number of amides is 1. The Hall–Kier alpha value is -0.650. The Morgan fingerprint density at radius 1 is 1.53 bits per heavy atom. The molecule has 0 aromatic carbocycles. The number of hydrogen-bond acceptors (Lipinski definition) is 4. The zero-order chi connectivity index (χ0) is 12.7. The van der Waals surface area contributed by atoms with E-state index in [-0.39, 0.29) is 12.0 Å². The van der Waals surface area contributed by atoms with Gasteiger partial charge in [-0.25, -0.2) is 0 Å². The summed E-state index contributed by atoms with van der Waals surface area (Å²) in [7, 11) is 1.62. The third-order valence-electron chi connectivity index (χ3n) is 3.31. The predicted molar refractivity (Wildman–Crippen MR) is 65.7 cm³/mol. The molecule has 1 amide bonds. The van der Waals surface area contributed by atoms with Crippen molar-refractivity contribution in [2.75, 3.05) is 39.9 Å². The smallest absolute Gasteiger partial charge is 0.234 e. The lowest BCUT2D eigenvalue weighted by Gasteiger charge is -2.32. The molecule has 1 atom stereocenters. The largest absolute Gasteiger partial charge is 0.393 e. The van der Waals surface area contributed by atoms with Crippen molar-refractivity contribution in [3.05, 3.63) is 0 Å². The number of ether oxygens (including phenoxy) is 1. The number of carbonyl (C=O) groups is 1. The van der Waals surface area contributed by atoms with Gasteiger partial charge in [0.25, 0.3) is 0 Å². The fourth-order valence-corrected chi connectivity index (χ4v) is 2.14. The van der Waals surface area contributed by atoms with Crippen molar-refractivity contribution in [3.8, 4) is 0 Å². The molecule has 5 heteroatoms. The number of nitrogens with zero attached hydrogens (tertiary/aromatic N) is 1. The van der Waals surface area contributed by atoms with Crippen LogP contribution in [-0.2, 0) is 9.53 Å². The molecule has 1 saturated heterocycles. The van der Waals surface area contributed by atoms with Gasteiger partial charge in [-0.05, 0) is 38.8 Å². The van der Waals surface area contributed by atoms with Crippen molar-refractivity contribution in [1.29, 1.82) is 0 Å². The standard InChI is InChI=1S/C12H24N2O3/c1-10(15)11-3-6-14(7-4-11)9-12(16)13-5-8-17-2/h10-11,15H,3-9H2,1-2H3,(H,13,16). The first-order valence-corrected chi connectivity index (χ1v) is 6.29. The van der Waals surface area contributed by atoms with Gasteiger partial charge >= 0.3 is 0 Å². The molecule has 0 aromatic rings. The summed E-state index contributed by atoms with van der Waals surface area (Å²) in [6.45, 7) is 5.21. The minimum absolute atomic E-state index is 0.0533. The highest BCUT2D eigenvalue weighted by Crippen LogP contribution is 2.19. The fourth-order valence-electron chi connectivity index (χ4n) is 2.14. The summed E-state index contributed by atoms with van der Waals surface area (Å²) in [6, 6.07) is 0. The number of carbonyl (C=O) groups excluding carboxylic acids is 1. The molecule has 17 heavy (non-hydrogen) atoms. The number of methoxy groups -OCH3 is 1. The summed E-state index contributed by atoms with van der Waals surface area (Å²) in [4.78, 5) is 13.7. The Bertz CT molecular complexity index is 226.